The van der Waals surface area contributed by atoms with Gasteiger partial charge in [0.15, 0.2) is 0 Å². The predicted octanol–water partition coefficient (Wildman–Crippen LogP) is 6.36. The molecule has 2 aromatic carbocycles. The Kier molecular flexibility index (Phi) is 7.61. The molecule has 4 heteroatoms. The molecule has 0 aliphatic rings. The summed E-state index contributed by atoms with van der Waals surface area (Å²) in [6, 6.07) is 22.0. The molecule has 4 nitrogen and oxygen atoms in total. The number of ether oxygens (including phenoxy) is 2. The van der Waals surface area contributed by atoms with Gasteiger partial charge in [0.2, 0.25) is 5.88 Å². The highest BCUT2D eigenvalue weighted by Gasteiger charge is 2.14. The first-order valence-corrected chi connectivity index (χ1v) is 10.4. The molecular weight excluding hydrogens is 374 g/mol. The largest absolute Gasteiger partial charge is 0.475 e. The van der Waals surface area contributed by atoms with Gasteiger partial charge in [0.1, 0.15) is 17.3 Å². The number of carbonyl (C=O) groups excluding carboxylic acids is 1. The molecule has 1 heterocycles. The summed E-state index contributed by atoms with van der Waals surface area (Å²) < 4.78 is 11.4. The number of hydrogen-bond donors (Lipinski definition) is 0. The zero-order valence-electron chi connectivity index (χ0n) is 17.9. The molecule has 30 heavy (non-hydrogen) atoms. The van der Waals surface area contributed by atoms with Gasteiger partial charge in [-0.1, -0.05) is 42.5 Å². The first-order valence-electron chi connectivity index (χ1n) is 10.4. The second-order valence-electron chi connectivity index (χ2n) is 7.80. The highest BCUT2D eigenvalue weighted by molar-refractivity contribution is 5.76. The van der Waals surface area contributed by atoms with Crippen molar-refractivity contribution >= 4 is 5.78 Å². The number of ketones is 1. The van der Waals surface area contributed by atoms with Gasteiger partial charge in [0.25, 0.3) is 0 Å². The molecule has 0 fully saturated rings. The van der Waals surface area contributed by atoms with Crippen LogP contribution < -0.4 is 9.47 Å². The van der Waals surface area contributed by atoms with Crippen molar-refractivity contribution in [2.24, 2.45) is 0 Å². The average molecular weight is 404 g/mol. The number of aromatic nitrogens is 1. The van der Waals surface area contributed by atoms with Gasteiger partial charge in [0, 0.05) is 12.5 Å². The van der Waals surface area contributed by atoms with Crippen molar-refractivity contribution in [1.82, 2.24) is 4.98 Å². The maximum Gasteiger partial charge on any atom is 0.213 e. The van der Waals surface area contributed by atoms with E-state index in [2.05, 4.69) is 29.2 Å². The Hall–Kier alpha value is -3.14. The van der Waals surface area contributed by atoms with Gasteiger partial charge >= 0.3 is 0 Å². The van der Waals surface area contributed by atoms with Crippen LogP contribution in [0.15, 0.2) is 72.9 Å². The Morgan fingerprint density at radius 2 is 1.63 bits per heavy atom. The summed E-state index contributed by atoms with van der Waals surface area (Å²) in [6.45, 7) is 5.60. The molecule has 0 N–H and O–H groups in total. The van der Waals surface area contributed by atoms with E-state index in [1.165, 1.54) is 11.1 Å². The summed E-state index contributed by atoms with van der Waals surface area (Å²) in [5.41, 5.74) is 2.45. The Balaban J connectivity index is 1.57. The van der Waals surface area contributed by atoms with E-state index < -0.39 is 0 Å². The van der Waals surface area contributed by atoms with Crippen molar-refractivity contribution in [2.45, 2.75) is 52.1 Å². The zero-order chi connectivity index (χ0) is 21.3. The lowest BCUT2D eigenvalue weighted by Gasteiger charge is -2.16. The Labute approximate surface area is 178 Å². The van der Waals surface area contributed by atoms with Crippen LogP contribution in [-0.4, -0.2) is 16.9 Å². The first-order chi connectivity index (χ1) is 14.5. The van der Waals surface area contributed by atoms with E-state index in [-0.39, 0.29) is 17.8 Å². The van der Waals surface area contributed by atoms with Crippen LogP contribution in [0.3, 0.4) is 0 Å². The van der Waals surface area contributed by atoms with Crippen LogP contribution in [0.25, 0.3) is 0 Å². The van der Waals surface area contributed by atoms with Crippen molar-refractivity contribution in [1.29, 1.82) is 0 Å². The van der Waals surface area contributed by atoms with Gasteiger partial charge in [-0.15, -0.1) is 0 Å². The van der Waals surface area contributed by atoms with E-state index in [0.717, 1.165) is 18.6 Å². The van der Waals surface area contributed by atoms with E-state index >= 15 is 0 Å². The molecular formula is C26H29NO3. The highest BCUT2D eigenvalue weighted by Crippen LogP contribution is 2.27. The minimum absolute atomic E-state index is 0.0914. The molecule has 3 rings (SSSR count). The normalized spacial score (nSPS) is 11.9. The Bertz CT molecular complexity index is 919. The summed E-state index contributed by atoms with van der Waals surface area (Å²) in [5, 5.41) is 0. The van der Waals surface area contributed by atoms with Crippen LogP contribution in [0.1, 0.15) is 50.7 Å². The van der Waals surface area contributed by atoms with Gasteiger partial charge in [-0.2, -0.15) is 0 Å². The third-order valence-corrected chi connectivity index (χ3v) is 4.81. The van der Waals surface area contributed by atoms with E-state index in [1.807, 2.05) is 56.3 Å². The average Bonchev–Trinajstić information content (AvgIpc) is 2.73. The standard InChI is InChI=1S/C26H29NO3/c1-19(2)29-26-16-15-25(18-27-26)30-24-13-10-21(11-14-24)9-12-23(17-20(3)28)22-7-5-4-6-8-22/h4-8,10-11,13-16,18-19,23H,9,12,17H2,1-3H3/t23-/m0/s1. The number of Topliss-reactive ketones (excluding diaryl/α,β-unsaturated/α-hetero) is 1. The molecule has 3 aromatic rings. The lowest BCUT2D eigenvalue weighted by atomic mass is 9.88. The molecule has 1 atom stereocenters. The molecule has 0 unspecified atom stereocenters. The zero-order valence-corrected chi connectivity index (χ0v) is 17.9. The maximum absolute atomic E-state index is 11.7. The topological polar surface area (TPSA) is 48.4 Å². The van der Waals surface area contributed by atoms with Crippen molar-refractivity contribution in [2.75, 3.05) is 0 Å². The third kappa shape index (κ3) is 6.73. The summed E-state index contributed by atoms with van der Waals surface area (Å²) in [4.78, 5) is 16.0. The second-order valence-corrected chi connectivity index (χ2v) is 7.80. The number of hydrogen-bond acceptors (Lipinski definition) is 4. The van der Waals surface area contributed by atoms with E-state index in [4.69, 9.17) is 9.47 Å². The first kappa shape index (κ1) is 21.6. The Morgan fingerprint density at radius 3 is 2.23 bits per heavy atom. The maximum atomic E-state index is 11.7. The quantitative estimate of drug-likeness (QED) is 0.395. The summed E-state index contributed by atoms with van der Waals surface area (Å²) in [6.07, 6.45) is 4.18. The fourth-order valence-electron chi connectivity index (χ4n) is 3.40. The number of nitrogens with zero attached hydrogens (tertiary/aromatic N) is 1. The van der Waals surface area contributed by atoms with Crippen LogP contribution in [0.2, 0.25) is 0 Å². The number of pyridine rings is 1. The van der Waals surface area contributed by atoms with Crippen LogP contribution in [0.4, 0.5) is 0 Å². The molecule has 156 valence electrons. The smallest absolute Gasteiger partial charge is 0.213 e. The van der Waals surface area contributed by atoms with Gasteiger partial charge in [0.05, 0.1) is 12.3 Å². The molecule has 0 bridgehead atoms. The molecule has 0 radical (unpaired) electrons. The van der Waals surface area contributed by atoms with E-state index in [1.54, 1.807) is 13.1 Å². The minimum atomic E-state index is 0.0914. The van der Waals surface area contributed by atoms with Gasteiger partial charge < -0.3 is 14.3 Å². The fraction of sp³-hybridized carbons (Fsp3) is 0.308. The number of carbonyl (C=O) groups is 1. The molecule has 1 aromatic heterocycles. The van der Waals surface area contributed by atoms with Gasteiger partial charge in [-0.25, -0.2) is 4.98 Å². The predicted molar refractivity (Wildman–Crippen MR) is 119 cm³/mol. The van der Waals surface area contributed by atoms with Gasteiger partial charge in [-0.3, -0.25) is 0 Å². The monoisotopic (exact) mass is 403 g/mol. The number of aryl methyl sites for hydroxylation is 1. The minimum Gasteiger partial charge on any atom is -0.475 e. The third-order valence-electron chi connectivity index (χ3n) is 4.81. The number of rotatable bonds is 10. The van der Waals surface area contributed by atoms with Gasteiger partial charge in [-0.05, 0) is 68.9 Å². The van der Waals surface area contributed by atoms with Crippen LogP contribution in [0.5, 0.6) is 17.4 Å². The lowest BCUT2D eigenvalue weighted by Crippen LogP contribution is -2.06. The summed E-state index contributed by atoms with van der Waals surface area (Å²) in [5.74, 6) is 2.50. The number of benzene rings is 2. The van der Waals surface area contributed by atoms with E-state index in [0.29, 0.717) is 18.1 Å². The molecule has 0 saturated heterocycles. The second kappa shape index (κ2) is 10.6. The van der Waals surface area contributed by atoms with Crippen LogP contribution in [-0.2, 0) is 11.2 Å². The molecule has 0 aliphatic carbocycles. The molecule has 0 spiro atoms. The van der Waals surface area contributed by atoms with Crippen molar-refractivity contribution < 1.29 is 14.3 Å². The van der Waals surface area contributed by atoms with Crippen LogP contribution in [0, 0.1) is 0 Å². The van der Waals surface area contributed by atoms with Crippen LogP contribution >= 0.6 is 0 Å². The van der Waals surface area contributed by atoms with Crippen molar-refractivity contribution in [3.63, 3.8) is 0 Å². The summed E-state index contributed by atoms with van der Waals surface area (Å²) >= 11 is 0. The Morgan fingerprint density at radius 1 is 0.933 bits per heavy atom. The van der Waals surface area contributed by atoms with Crippen molar-refractivity contribution in [3.05, 3.63) is 84.1 Å². The highest BCUT2D eigenvalue weighted by atomic mass is 16.5. The molecule has 0 saturated carbocycles. The molecule has 0 amide bonds. The van der Waals surface area contributed by atoms with E-state index in [9.17, 15) is 4.79 Å². The molecule has 0 aliphatic heterocycles. The lowest BCUT2D eigenvalue weighted by molar-refractivity contribution is -0.117. The SMILES string of the molecule is CC(=O)C[C@H](CCc1ccc(Oc2ccc(OC(C)C)nc2)cc1)c1ccccc1. The van der Waals surface area contributed by atoms with Crippen molar-refractivity contribution in [3.8, 4) is 17.4 Å². The fourth-order valence-corrected chi connectivity index (χ4v) is 3.40. The summed E-state index contributed by atoms with van der Waals surface area (Å²) in [7, 11) is 0.